The molecule has 1 unspecified atom stereocenters. The first-order valence-corrected chi connectivity index (χ1v) is 14.4. The van der Waals surface area contributed by atoms with E-state index >= 15 is 0 Å². The number of benzene rings is 1. The Morgan fingerprint density at radius 3 is 1.80 bits per heavy atom. The number of ether oxygens (including phenoxy) is 5. The van der Waals surface area contributed by atoms with Crippen molar-refractivity contribution in [3.05, 3.63) is 79.4 Å². The van der Waals surface area contributed by atoms with E-state index in [1.165, 1.54) is 19.2 Å². The number of esters is 4. The number of rotatable bonds is 14. The van der Waals surface area contributed by atoms with E-state index < -0.39 is 22.1 Å². The zero-order chi connectivity index (χ0) is 34.1. The molecule has 1 saturated heterocycles. The third-order valence-electron chi connectivity index (χ3n) is 4.44. The van der Waals surface area contributed by atoms with Crippen molar-refractivity contribution in [3.8, 4) is 0 Å². The van der Waals surface area contributed by atoms with E-state index in [-0.39, 0.29) is 49.4 Å². The van der Waals surface area contributed by atoms with E-state index in [2.05, 4.69) is 40.5 Å². The van der Waals surface area contributed by atoms with Crippen LogP contribution in [-0.2, 0) is 57.2 Å². The fourth-order valence-electron chi connectivity index (χ4n) is 2.04. The molecule has 0 aliphatic carbocycles. The van der Waals surface area contributed by atoms with Gasteiger partial charge in [0.15, 0.2) is 0 Å². The first-order chi connectivity index (χ1) is 20.6. The predicted octanol–water partition coefficient (Wildman–Crippen LogP) is 2.77. The van der Waals surface area contributed by atoms with Crippen molar-refractivity contribution in [1.29, 1.82) is 0 Å². The normalized spacial score (nSPS) is 12.4. The number of methoxy groups -OCH3 is 1. The van der Waals surface area contributed by atoms with Crippen LogP contribution in [0.25, 0.3) is 0 Å². The topological polar surface area (TPSA) is 181 Å². The Morgan fingerprint density at radius 2 is 1.41 bits per heavy atom. The highest BCUT2D eigenvalue weighted by molar-refractivity contribution is 7.86. The molecule has 0 spiro atoms. The van der Waals surface area contributed by atoms with Gasteiger partial charge in [0, 0.05) is 36.3 Å². The van der Waals surface area contributed by atoms with E-state index in [0.29, 0.717) is 30.8 Å². The average Bonchev–Trinajstić information content (AvgIpc) is 3.83. The molecule has 44 heavy (non-hydrogen) atoms. The van der Waals surface area contributed by atoms with Gasteiger partial charge >= 0.3 is 23.9 Å². The van der Waals surface area contributed by atoms with E-state index in [4.69, 9.17) is 18.8 Å². The molecule has 1 atom stereocenters. The summed E-state index contributed by atoms with van der Waals surface area (Å²) in [4.78, 5) is 41.9. The van der Waals surface area contributed by atoms with Crippen LogP contribution in [0.1, 0.15) is 25.8 Å². The average molecular weight is 643 g/mol. The molecule has 1 heterocycles. The lowest BCUT2D eigenvalue weighted by Crippen LogP contribution is -2.13. The van der Waals surface area contributed by atoms with Crippen molar-refractivity contribution in [3.63, 3.8) is 0 Å². The number of epoxide rings is 1. The molecule has 1 fully saturated rings. The summed E-state index contributed by atoms with van der Waals surface area (Å²) in [5.41, 5.74) is 1.82. The van der Waals surface area contributed by atoms with E-state index in [9.17, 15) is 27.6 Å². The number of aliphatic hydroxyl groups is 1. The summed E-state index contributed by atoms with van der Waals surface area (Å²) in [6.07, 6.45) is 2.72. The molecule has 13 nitrogen and oxygen atoms in total. The number of carbonyl (C=O) groups is 4. The fraction of sp³-hybridized carbons (Fsp3) is 0.400. The van der Waals surface area contributed by atoms with Gasteiger partial charge in [-0.2, -0.15) is 8.42 Å². The molecular weight excluding hydrogens is 600 g/mol. The minimum Gasteiger partial charge on any atom is -0.466 e. The van der Waals surface area contributed by atoms with Crippen LogP contribution in [0.3, 0.4) is 0 Å². The first kappa shape index (κ1) is 42.0. The number of aryl methyl sites for hydroxylation is 1. The predicted molar refractivity (Wildman–Crippen MR) is 161 cm³/mol. The number of aliphatic hydroxyl groups excluding tert-OH is 1. The molecule has 0 saturated carbocycles. The summed E-state index contributed by atoms with van der Waals surface area (Å²) in [5, 5.41) is 8.23. The summed E-state index contributed by atoms with van der Waals surface area (Å²) in [7, 11) is -2.47. The van der Waals surface area contributed by atoms with Crippen molar-refractivity contribution < 1.29 is 60.6 Å². The molecule has 2 rings (SSSR count). The van der Waals surface area contributed by atoms with Gasteiger partial charge in [0.2, 0.25) is 0 Å². The highest BCUT2D eigenvalue weighted by atomic mass is 32.2. The molecule has 1 aromatic rings. The van der Waals surface area contributed by atoms with E-state index in [1.807, 2.05) is 6.92 Å². The van der Waals surface area contributed by atoms with Crippen LogP contribution in [0.4, 0.5) is 0 Å². The molecule has 1 aromatic carbocycles. The van der Waals surface area contributed by atoms with Crippen LogP contribution in [0.2, 0.25) is 0 Å². The van der Waals surface area contributed by atoms with Gasteiger partial charge < -0.3 is 28.8 Å². The molecule has 14 heteroatoms. The Balaban J connectivity index is 0. The van der Waals surface area contributed by atoms with Gasteiger partial charge in [-0.25, -0.2) is 19.2 Å². The Morgan fingerprint density at radius 1 is 0.909 bits per heavy atom. The zero-order valence-corrected chi connectivity index (χ0v) is 26.4. The summed E-state index contributed by atoms with van der Waals surface area (Å²) < 4.78 is 51.0. The molecule has 0 amide bonds. The Labute approximate surface area is 258 Å². The summed E-state index contributed by atoms with van der Waals surface area (Å²) in [6, 6.07) is 6.27. The van der Waals surface area contributed by atoms with Crippen LogP contribution >= 0.6 is 0 Å². The molecule has 246 valence electrons. The van der Waals surface area contributed by atoms with Crippen molar-refractivity contribution >= 4 is 34.0 Å². The minimum atomic E-state index is -3.80. The first-order valence-electron chi connectivity index (χ1n) is 13.0. The van der Waals surface area contributed by atoms with Crippen LogP contribution in [0.5, 0.6) is 0 Å². The Kier molecular flexibility index (Phi) is 23.3. The third-order valence-corrected chi connectivity index (χ3v) is 5.77. The van der Waals surface area contributed by atoms with Crippen molar-refractivity contribution in [1.82, 2.24) is 0 Å². The van der Waals surface area contributed by atoms with E-state index in [0.717, 1.165) is 17.7 Å². The highest BCUT2D eigenvalue weighted by Crippen LogP contribution is 2.13. The number of hydrogen-bond donors (Lipinski definition) is 1. The van der Waals surface area contributed by atoms with Gasteiger partial charge in [-0.15, -0.1) is 0 Å². The molecule has 1 aliphatic rings. The second-order valence-corrected chi connectivity index (χ2v) is 10.1. The number of carbonyl (C=O) groups excluding carboxylic acids is 4. The standard InChI is InChI=1S/C12H14O5S.C7H10O3.C6H10O3.C5H8O2/c1-3-12(13)16-8-9-17-18(14,15)11-6-4-10(2)5-7-11;1-5(2)7(8)10-4-6-3-9-6;1-2-6(8)9-5-3-4-7;1-4(2)5(6)7-3/h3-7H,1,8-9H2,2H3;6H,1,3-4H2,2H3;2,7H,1,3-5H2;1H2,2-3H3. The maximum absolute atomic E-state index is 11.7. The maximum atomic E-state index is 11.7. The smallest absolute Gasteiger partial charge is 0.333 e. The lowest BCUT2D eigenvalue weighted by molar-refractivity contribution is -0.140. The summed E-state index contributed by atoms with van der Waals surface area (Å²) in [6.45, 7) is 19.3. The second kappa shape index (κ2) is 24.3. The molecule has 0 radical (unpaired) electrons. The van der Waals surface area contributed by atoms with Crippen molar-refractivity contribution in [2.45, 2.75) is 38.2 Å². The van der Waals surface area contributed by atoms with Crippen molar-refractivity contribution in [2.75, 3.05) is 46.8 Å². The number of hydrogen-bond acceptors (Lipinski definition) is 13. The SMILES string of the molecule is C=C(C)C(=O)OC.C=C(C)C(=O)OCC1CO1.C=CC(=O)OCCCO.C=CC(=O)OCCOS(=O)(=O)c1ccc(C)cc1. The van der Waals surface area contributed by atoms with Gasteiger partial charge in [-0.1, -0.05) is 44.0 Å². The Bertz CT molecular complexity index is 1200. The maximum Gasteiger partial charge on any atom is 0.333 e. The second-order valence-electron chi connectivity index (χ2n) is 8.52. The van der Waals surface area contributed by atoms with Gasteiger partial charge in [-0.3, -0.25) is 4.18 Å². The lowest BCUT2D eigenvalue weighted by Gasteiger charge is -2.06. The quantitative estimate of drug-likeness (QED) is 0.0782. The van der Waals surface area contributed by atoms with Gasteiger partial charge in [0.25, 0.3) is 10.1 Å². The molecule has 0 aromatic heterocycles. The molecule has 1 N–H and O–H groups in total. The van der Waals surface area contributed by atoms with Crippen LogP contribution in [0.15, 0.2) is 78.8 Å². The summed E-state index contributed by atoms with van der Waals surface area (Å²) in [5.74, 6) is -1.75. The van der Waals surface area contributed by atoms with Gasteiger partial charge in [-0.05, 0) is 32.9 Å². The van der Waals surface area contributed by atoms with Crippen LogP contribution in [0, 0.1) is 6.92 Å². The van der Waals surface area contributed by atoms with Crippen molar-refractivity contribution in [2.24, 2.45) is 0 Å². The summed E-state index contributed by atoms with van der Waals surface area (Å²) >= 11 is 0. The Hall–Kier alpha value is -4.11. The largest absolute Gasteiger partial charge is 0.466 e. The van der Waals surface area contributed by atoms with Gasteiger partial charge in [0.05, 0.1) is 25.2 Å². The third kappa shape index (κ3) is 23.5. The monoisotopic (exact) mass is 642 g/mol. The minimum absolute atomic E-state index is 0.0461. The molecule has 0 bridgehead atoms. The lowest BCUT2D eigenvalue weighted by atomic mass is 10.2. The molecular formula is C30H42O13S. The van der Waals surface area contributed by atoms with E-state index in [1.54, 1.807) is 26.0 Å². The van der Waals surface area contributed by atoms with Gasteiger partial charge in [0.1, 0.15) is 25.9 Å². The highest BCUT2D eigenvalue weighted by Gasteiger charge is 2.24. The van der Waals surface area contributed by atoms with Crippen LogP contribution < -0.4 is 0 Å². The zero-order valence-electron chi connectivity index (χ0n) is 25.6. The fourth-order valence-corrected chi connectivity index (χ4v) is 2.94. The molecule has 1 aliphatic heterocycles. The van der Waals surface area contributed by atoms with Crippen LogP contribution in [-0.4, -0.2) is 90.3 Å².